The van der Waals surface area contributed by atoms with Crippen molar-refractivity contribution in [1.82, 2.24) is 9.55 Å². The number of carbonyl (C=O) groups excluding carboxylic acids is 2. The summed E-state index contributed by atoms with van der Waals surface area (Å²) >= 11 is 0. The summed E-state index contributed by atoms with van der Waals surface area (Å²) in [7, 11) is -1.32. The van der Waals surface area contributed by atoms with E-state index >= 15 is 0 Å². The number of aromatic nitrogens is 2. The largest absolute Gasteiger partial charge is 0.497 e. The molecule has 1 aliphatic rings. The number of benzene rings is 3. The van der Waals surface area contributed by atoms with E-state index in [2.05, 4.69) is 4.98 Å². The van der Waals surface area contributed by atoms with E-state index < -0.39 is 74.6 Å². The number of nitrogens with zero attached hydrogens (tertiary/aromatic N) is 2. The van der Waals surface area contributed by atoms with Crippen LogP contribution in [-0.4, -0.2) is 74.8 Å². The molecule has 1 saturated heterocycles. The van der Waals surface area contributed by atoms with Crippen LogP contribution >= 0.6 is 0 Å². The minimum absolute atomic E-state index is 0.0907. The Morgan fingerprint density at radius 3 is 1.71 bits per heavy atom. The summed E-state index contributed by atoms with van der Waals surface area (Å²) in [6.45, 7) is 9.86. The van der Waals surface area contributed by atoms with E-state index in [0.29, 0.717) is 28.2 Å². The Hall–Kier alpha value is -5.25. The van der Waals surface area contributed by atoms with Gasteiger partial charge in [-0.15, -0.1) is 0 Å². The van der Waals surface area contributed by atoms with Crippen molar-refractivity contribution in [2.45, 2.75) is 77.6 Å². The smallest absolute Gasteiger partial charge is 0.351 e. The molecule has 1 unspecified atom stereocenters. The topological polar surface area (TPSA) is 185 Å². The molecule has 4 aromatic rings. The zero-order valence-corrected chi connectivity index (χ0v) is 33.7. The van der Waals surface area contributed by atoms with Gasteiger partial charge in [-0.2, -0.15) is 13.4 Å². The first-order valence-electron chi connectivity index (χ1n) is 17.9. The van der Waals surface area contributed by atoms with Gasteiger partial charge in [-0.05, 0) is 88.6 Å². The van der Waals surface area contributed by atoms with Crippen molar-refractivity contribution in [2.24, 2.45) is 10.8 Å². The minimum Gasteiger partial charge on any atom is -0.497 e. The number of nitrogens with two attached hydrogens (primary N) is 1. The van der Waals surface area contributed by atoms with Crippen LogP contribution in [0.4, 0.5) is 5.82 Å². The Morgan fingerprint density at radius 2 is 1.27 bits per heavy atom. The van der Waals surface area contributed by atoms with Crippen LogP contribution < -0.4 is 20.9 Å². The van der Waals surface area contributed by atoms with Gasteiger partial charge in [0, 0.05) is 6.20 Å². The van der Waals surface area contributed by atoms with Crippen molar-refractivity contribution in [2.75, 3.05) is 26.2 Å². The lowest BCUT2D eigenvalue weighted by atomic mass is 9.63. The maximum Gasteiger partial charge on any atom is 0.351 e. The molecule has 5 atom stereocenters. The van der Waals surface area contributed by atoms with E-state index in [1.54, 1.807) is 90.1 Å². The van der Waals surface area contributed by atoms with Crippen molar-refractivity contribution in [3.05, 3.63) is 118 Å². The molecule has 300 valence electrons. The Labute approximate surface area is 327 Å². The lowest BCUT2D eigenvalue weighted by Gasteiger charge is -2.45. The standard InChI is InChI=1S/C41H49N3O11S/c1-39(2,3)36(45)53-33-31(55-56(9,48)49)32(52-35(33)44-24-23-30(42)43-38(44)47)34(54-37(46)40(4,5)6)41(25-13-11-10-12-14-25,26-15-19-28(50-7)20-16-26)27-17-21-29(51-8)22-18-27/h10-24,31-35H,1-9H3,(H2,42,43,47)/t31-,32+,33-,34?,35-/m1/s1. The Morgan fingerprint density at radius 1 is 0.768 bits per heavy atom. The molecule has 5 rings (SSSR count). The van der Waals surface area contributed by atoms with Crippen LogP contribution in [-0.2, 0) is 43.5 Å². The molecule has 14 nitrogen and oxygen atoms in total. The molecule has 0 radical (unpaired) electrons. The summed E-state index contributed by atoms with van der Waals surface area (Å²) in [6, 6.07) is 24.7. The molecule has 0 saturated carbocycles. The van der Waals surface area contributed by atoms with E-state index in [0.717, 1.165) is 10.8 Å². The highest BCUT2D eigenvalue weighted by Gasteiger charge is 2.61. The molecular formula is C41H49N3O11S. The number of hydrogen-bond acceptors (Lipinski definition) is 13. The Bertz CT molecular complexity index is 2130. The van der Waals surface area contributed by atoms with Gasteiger partial charge in [0.1, 0.15) is 35.6 Å². The van der Waals surface area contributed by atoms with Crippen LogP contribution in [0, 0.1) is 10.8 Å². The number of rotatable bonds is 12. The number of anilines is 1. The number of hydrogen-bond donors (Lipinski definition) is 1. The summed E-state index contributed by atoms with van der Waals surface area (Å²) in [6.07, 6.45) is -5.82. The number of esters is 2. The first-order chi connectivity index (χ1) is 26.2. The van der Waals surface area contributed by atoms with E-state index in [-0.39, 0.29) is 5.82 Å². The lowest BCUT2D eigenvalue weighted by molar-refractivity contribution is -0.175. The van der Waals surface area contributed by atoms with Gasteiger partial charge in [-0.3, -0.25) is 18.3 Å². The number of carbonyl (C=O) groups is 2. The first-order valence-corrected chi connectivity index (χ1v) is 19.7. The van der Waals surface area contributed by atoms with Crippen molar-refractivity contribution in [3.63, 3.8) is 0 Å². The maximum absolute atomic E-state index is 14.4. The van der Waals surface area contributed by atoms with E-state index in [9.17, 15) is 22.8 Å². The van der Waals surface area contributed by atoms with Gasteiger partial charge in [0.2, 0.25) is 0 Å². The molecule has 2 N–H and O–H groups in total. The second-order valence-electron chi connectivity index (χ2n) is 15.6. The third kappa shape index (κ3) is 8.74. The highest BCUT2D eigenvalue weighted by atomic mass is 32.2. The number of methoxy groups -OCH3 is 2. The van der Waals surface area contributed by atoms with Crippen LogP contribution in [0.5, 0.6) is 11.5 Å². The van der Waals surface area contributed by atoms with E-state index in [4.69, 9.17) is 33.6 Å². The third-order valence-electron chi connectivity index (χ3n) is 9.38. The minimum atomic E-state index is -4.38. The quantitative estimate of drug-likeness (QED) is 0.115. The average Bonchev–Trinajstić information content (AvgIpc) is 3.46. The molecule has 56 heavy (non-hydrogen) atoms. The van der Waals surface area contributed by atoms with Crippen LogP contribution in [0.1, 0.15) is 64.5 Å². The molecule has 3 aromatic carbocycles. The number of nitrogen functional groups attached to an aromatic ring is 1. The fraction of sp³-hybridized carbons (Fsp3) is 0.415. The Balaban J connectivity index is 1.93. The van der Waals surface area contributed by atoms with Crippen LogP contribution in [0.2, 0.25) is 0 Å². The van der Waals surface area contributed by atoms with Gasteiger partial charge in [0.05, 0.1) is 36.7 Å². The SMILES string of the molecule is COc1ccc(C(c2ccccc2)(c2ccc(OC)cc2)C(OC(=O)C(C)(C)C)[C@H]2O[C@@H](n3ccc(N)nc3=O)[C@H](OC(=O)C(C)(C)C)[C@@H]2OS(C)(=O)=O)cc1. The highest BCUT2D eigenvalue weighted by Crippen LogP contribution is 2.50. The molecule has 0 amide bonds. The normalized spacial score (nSPS) is 19.5. The summed E-state index contributed by atoms with van der Waals surface area (Å²) < 4.78 is 64.0. The predicted molar refractivity (Wildman–Crippen MR) is 208 cm³/mol. The summed E-state index contributed by atoms with van der Waals surface area (Å²) in [5, 5.41) is 0. The van der Waals surface area contributed by atoms with Gasteiger partial charge in [-0.25, -0.2) is 4.79 Å². The predicted octanol–water partition coefficient (Wildman–Crippen LogP) is 5.04. The van der Waals surface area contributed by atoms with E-state index in [1.807, 2.05) is 30.3 Å². The van der Waals surface area contributed by atoms with Gasteiger partial charge >= 0.3 is 17.6 Å². The summed E-state index contributed by atoms with van der Waals surface area (Å²) in [5.41, 5.74) is 2.97. The van der Waals surface area contributed by atoms with Crippen LogP contribution in [0.3, 0.4) is 0 Å². The zero-order valence-electron chi connectivity index (χ0n) is 32.9. The van der Waals surface area contributed by atoms with Gasteiger partial charge in [0.15, 0.2) is 12.3 Å². The van der Waals surface area contributed by atoms with Crippen molar-refractivity contribution in [3.8, 4) is 11.5 Å². The molecule has 0 bridgehead atoms. The van der Waals surface area contributed by atoms with Gasteiger partial charge < -0.3 is 29.4 Å². The van der Waals surface area contributed by atoms with Crippen molar-refractivity contribution in [1.29, 1.82) is 0 Å². The number of ether oxygens (including phenoxy) is 5. The van der Waals surface area contributed by atoms with Crippen molar-refractivity contribution >= 4 is 27.9 Å². The molecule has 1 aliphatic heterocycles. The highest BCUT2D eigenvalue weighted by molar-refractivity contribution is 7.86. The molecule has 1 aromatic heterocycles. The lowest BCUT2D eigenvalue weighted by Crippen LogP contribution is -2.56. The first kappa shape index (κ1) is 41.9. The molecule has 15 heteroatoms. The monoisotopic (exact) mass is 791 g/mol. The fourth-order valence-corrected chi connectivity index (χ4v) is 7.21. The molecule has 2 heterocycles. The van der Waals surface area contributed by atoms with Crippen LogP contribution in [0.25, 0.3) is 0 Å². The van der Waals surface area contributed by atoms with Crippen LogP contribution in [0.15, 0.2) is 95.9 Å². The van der Waals surface area contributed by atoms with E-state index in [1.165, 1.54) is 26.5 Å². The summed E-state index contributed by atoms with van der Waals surface area (Å²) in [5.74, 6) is -0.447. The summed E-state index contributed by atoms with van der Waals surface area (Å²) in [4.78, 5) is 45.4. The van der Waals surface area contributed by atoms with Gasteiger partial charge in [-0.1, -0.05) is 54.6 Å². The third-order valence-corrected chi connectivity index (χ3v) is 9.96. The zero-order chi connectivity index (χ0) is 41.2. The second-order valence-corrected chi connectivity index (χ2v) is 17.2. The second kappa shape index (κ2) is 16.1. The Kier molecular flexibility index (Phi) is 12.0. The fourth-order valence-electron chi connectivity index (χ4n) is 6.58. The average molecular weight is 792 g/mol. The van der Waals surface area contributed by atoms with Gasteiger partial charge in [0.25, 0.3) is 10.1 Å². The maximum atomic E-state index is 14.4. The van der Waals surface area contributed by atoms with Crippen molar-refractivity contribution < 1.29 is 45.9 Å². The molecule has 0 spiro atoms. The molecule has 1 fully saturated rings. The molecule has 0 aliphatic carbocycles. The molecular weight excluding hydrogens is 743 g/mol.